The Morgan fingerprint density at radius 1 is 1.04 bits per heavy atom. The van der Waals surface area contributed by atoms with Gasteiger partial charge in [-0.1, -0.05) is 0 Å². The second-order valence-corrected chi connectivity index (χ2v) is 5.43. The van der Waals surface area contributed by atoms with Crippen LogP contribution in [-0.4, -0.2) is 41.1 Å². The number of benzene rings is 1. The van der Waals surface area contributed by atoms with Crippen molar-refractivity contribution in [3.63, 3.8) is 0 Å². The van der Waals surface area contributed by atoms with Gasteiger partial charge >= 0.3 is 5.97 Å². The van der Waals surface area contributed by atoms with Crippen LogP contribution in [0.2, 0.25) is 0 Å². The minimum absolute atomic E-state index is 0.116. The Morgan fingerprint density at radius 3 is 2.50 bits per heavy atom. The van der Waals surface area contributed by atoms with Gasteiger partial charge in [0.05, 0.1) is 11.8 Å². The van der Waals surface area contributed by atoms with Crippen LogP contribution in [0.3, 0.4) is 0 Å². The molecular weight excluding hydrogens is 336 g/mol. The molecule has 128 valence electrons. The van der Waals surface area contributed by atoms with Crippen molar-refractivity contribution in [2.24, 2.45) is 0 Å². The van der Waals surface area contributed by atoms with Crippen molar-refractivity contribution in [1.82, 2.24) is 24.1 Å². The molecule has 1 aromatic carbocycles. The van der Waals surface area contributed by atoms with Crippen LogP contribution in [0.25, 0.3) is 11.5 Å². The third-order valence-corrected chi connectivity index (χ3v) is 3.71. The summed E-state index contributed by atoms with van der Waals surface area (Å²) in [5.74, 6) is -0.431. The smallest absolute Gasteiger partial charge is 0.335 e. The van der Waals surface area contributed by atoms with Gasteiger partial charge in [0, 0.05) is 18.0 Å². The lowest BCUT2D eigenvalue weighted by Crippen LogP contribution is -2.12. The summed E-state index contributed by atoms with van der Waals surface area (Å²) >= 11 is 0. The molecule has 2 N–H and O–H groups in total. The van der Waals surface area contributed by atoms with Gasteiger partial charge in [-0.3, -0.25) is 9.36 Å². The van der Waals surface area contributed by atoms with Crippen LogP contribution in [0.15, 0.2) is 61.3 Å². The van der Waals surface area contributed by atoms with Crippen molar-refractivity contribution < 1.29 is 14.7 Å². The minimum Gasteiger partial charge on any atom is -0.478 e. The van der Waals surface area contributed by atoms with Crippen LogP contribution in [0.5, 0.6) is 0 Å². The number of amides is 1. The van der Waals surface area contributed by atoms with E-state index in [-0.39, 0.29) is 11.5 Å². The first-order valence-electron chi connectivity index (χ1n) is 7.59. The number of rotatable bonds is 4. The highest BCUT2D eigenvalue weighted by Crippen LogP contribution is 2.13. The minimum atomic E-state index is -1.04. The average Bonchev–Trinajstić information content (AvgIpc) is 3.30. The van der Waals surface area contributed by atoms with Crippen LogP contribution in [-0.2, 0) is 0 Å². The van der Waals surface area contributed by atoms with E-state index in [2.05, 4.69) is 20.4 Å². The molecule has 0 saturated heterocycles. The summed E-state index contributed by atoms with van der Waals surface area (Å²) in [5.41, 5.74) is 1.02. The molecule has 0 bridgehead atoms. The van der Waals surface area contributed by atoms with Gasteiger partial charge in [0.1, 0.15) is 6.33 Å². The van der Waals surface area contributed by atoms with E-state index in [1.54, 1.807) is 46.1 Å². The third kappa shape index (κ3) is 2.88. The van der Waals surface area contributed by atoms with Crippen molar-refractivity contribution in [2.75, 3.05) is 5.32 Å². The molecule has 0 atom stereocenters. The quantitative estimate of drug-likeness (QED) is 0.582. The fourth-order valence-electron chi connectivity index (χ4n) is 2.42. The van der Waals surface area contributed by atoms with Gasteiger partial charge in [-0.05, 0) is 36.4 Å². The highest BCUT2D eigenvalue weighted by molar-refractivity contribution is 6.04. The second-order valence-electron chi connectivity index (χ2n) is 5.43. The lowest BCUT2D eigenvalue weighted by molar-refractivity contribution is 0.0696. The number of carboxylic acids is 1. The first-order chi connectivity index (χ1) is 12.6. The highest BCUT2D eigenvalue weighted by Gasteiger charge is 2.11. The number of carboxylic acid groups (broad SMARTS) is 1. The van der Waals surface area contributed by atoms with Gasteiger partial charge in [-0.2, -0.15) is 0 Å². The molecule has 0 unspecified atom stereocenters. The molecule has 0 radical (unpaired) electrons. The molecule has 0 spiro atoms. The molecule has 3 aromatic heterocycles. The van der Waals surface area contributed by atoms with Crippen molar-refractivity contribution in [2.45, 2.75) is 0 Å². The maximum absolute atomic E-state index is 12.3. The standard InChI is InChI=1S/C17H12N6O3/c24-16(11-1-3-12(4-2-11)17(25)26)20-13-9-23-14(19-13)5-6-15(21-23)22-8-7-18-10-22/h1-10H,(H,20,24)(H,25,26). The number of carbonyl (C=O) groups is 2. The van der Waals surface area contributed by atoms with Crippen LogP contribution in [0.1, 0.15) is 20.7 Å². The molecule has 0 aliphatic heterocycles. The molecule has 0 saturated carbocycles. The Hall–Kier alpha value is -4.01. The number of aromatic carboxylic acids is 1. The second kappa shape index (κ2) is 6.13. The van der Waals surface area contributed by atoms with Gasteiger partial charge < -0.3 is 10.4 Å². The molecule has 4 rings (SSSR count). The Kier molecular flexibility index (Phi) is 3.66. The Morgan fingerprint density at radius 2 is 1.81 bits per heavy atom. The fraction of sp³-hybridized carbons (Fsp3) is 0. The first kappa shape index (κ1) is 15.5. The third-order valence-electron chi connectivity index (χ3n) is 3.71. The number of aromatic nitrogens is 5. The predicted octanol–water partition coefficient (Wildman–Crippen LogP) is 1.87. The normalized spacial score (nSPS) is 10.8. The van der Waals surface area contributed by atoms with E-state index < -0.39 is 5.97 Å². The number of nitrogens with zero attached hydrogens (tertiary/aromatic N) is 5. The number of anilines is 1. The van der Waals surface area contributed by atoms with E-state index in [1.807, 2.05) is 0 Å². The molecule has 0 fully saturated rings. The zero-order valence-corrected chi connectivity index (χ0v) is 13.3. The van der Waals surface area contributed by atoms with Crippen molar-refractivity contribution in [1.29, 1.82) is 0 Å². The summed E-state index contributed by atoms with van der Waals surface area (Å²) in [6.07, 6.45) is 6.66. The molecule has 0 aliphatic rings. The molecule has 0 aliphatic carbocycles. The summed E-state index contributed by atoms with van der Waals surface area (Å²) in [5, 5.41) is 16.0. The molecule has 26 heavy (non-hydrogen) atoms. The van der Waals surface area contributed by atoms with Crippen LogP contribution >= 0.6 is 0 Å². The fourth-order valence-corrected chi connectivity index (χ4v) is 2.42. The summed E-state index contributed by atoms with van der Waals surface area (Å²) in [4.78, 5) is 31.4. The Balaban J connectivity index is 1.56. The van der Waals surface area contributed by atoms with Crippen LogP contribution in [0, 0.1) is 0 Å². The van der Waals surface area contributed by atoms with Gasteiger partial charge in [-0.15, -0.1) is 5.10 Å². The molecule has 9 nitrogen and oxygen atoms in total. The van der Waals surface area contributed by atoms with E-state index in [0.717, 1.165) is 0 Å². The van der Waals surface area contributed by atoms with E-state index in [4.69, 9.17) is 5.11 Å². The molecule has 4 aromatic rings. The van der Waals surface area contributed by atoms with E-state index in [9.17, 15) is 9.59 Å². The number of fused-ring (bicyclic) bond motifs is 1. The first-order valence-corrected chi connectivity index (χ1v) is 7.59. The summed E-state index contributed by atoms with van der Waals surface area (Å²) in [7, 11) is 0. The largest absolute Gasteiger partial charge is 0.478 e. The van der Waals surface area contributed by atoms with E-state index in [1.165, 1.54) is 24.3 Å². The summed E-state index contributed by atoms with van der Waals surface area (Å²) in [6.45, 7) is 0. The van der Waals surface area contributed by atoms with Gasteiger partial charge in [0.2, 0.25) is 0 Å². The number of hydrogen-bond acceptors (Lipinski definition) is 5. The number of carbonyl (C=O) groups excluding carboxylic acids is 1. The van der Waals surface area contributed by atoms with Crippen molar-refractivity contribution in [3.8, 4) is 5.82 Å². The van der Waals surface area contributed by atoms with Crippen LogP contribution in [0.4, 0.5) is 5.82 Å². The monoisotopic (exact) mass is 348 g/mol. The lowest BCUT2D eigenvalue weighted by atomic mass is 10.1. The molecule has 1 amide bonds. The maximum atomic E-state index is 12.3. The van der Waals surface area contributed by atoms with Gasteiger partial charge in [0.15, 0.2) is 17.3 Å². The topological polar surface area (TPSA) is 114 Å². The van der Waals surface area contributed by atoms with E-state index >= 15 is 0 Å². The maximum Gasteiger partial charge on any atom is 0.335 e. The summed E-state index contributed by atoms with van der Waals surface area (Å²) < 4.78 is 3.31. The lowest BCUT2D eigenvalue weighted by Gasteiger charge is -2.02. The average molecular weight is 348 g/mol. The Bertz CT molecular complexity index is 1100. The Labute approximate surface area is 146 Å². The zero-order valence-electron chi connectivity index (χ0n) is 13.3. The van der Waals surface area contributed by atoms with Crippen LogP contribution < -0.4 is 5.32 Å². The zero-order chi connectivity index (χ0) is 18.1. The summed E-state index contributed by atoms with van der Waals surface area (Å²) in [6, 6.07) is 9.22. The molecular formula is C17H12N6O3. The number of hydrogen-bond donors (Lipinski definition) is 2. The van der Waals surface area contributed by atoms with Crippen molar-refractivity contribution >= 4 is 23.3 Å². The van der Waals surface area contributed by atoms with Gasteiger partial charge in [-0.25, -0.2) is 19.3 Å². The van der Waals surface area contributed by atoms with E-state index in [0.29, 0.717) is 22.8 Å². The SMILES string of the molecule is O=C(O)c1ccc(C(=O)Nc2cn3nc(-n4ccnc4)ccc3n2)cc1. The molecule has 9 heteroatoms. The number of imidazole rings is 2. The highest BCUT2D eigenvalue weighted by atomic mass is 16.4. The van der Waals surface area contributed by atoms with Crippen molar-refractivity contribution in [3.05, 3.63) is 72.4 Å². The molecule has 3 heterocycles. The number of nitrogens with one attached hydrogen (secondary N) is 1. The predicted molar refractivity (Wildman–Crippen MR) is 91.5 cm³/mol. The van der Waals surface area contributed by atoms with Gasteiger partial charge in [0.25, 0.3) is 5.91 Å².